The maximum atomic E-state index is 13.7. The lowest BCUT2D eigenvalue weighted by Crippen LogP contribution is -2.14. The van der Waals surface area contributed by atoms with Crippen molar-refractivity contribution in [2.45, 2.75) is 11.3 Å². The molecule has 3 aromatic rings. The monoisotopic (exact) mass is 384 g/mol. The molecule has 0 aliphatic heterocycles. The zero-order valence-corrected chi connectivity index (χ0v) is 13.0. The van der Waals surface area contributed by atoms with Gasteiger partial charge in [-0.2, -0.15) is 0 Å². The van der Waals surface area contributed by atoms with E-state index in [1.165, 1.54) is 0 Å². The quantitative estimate of drug-likeness (QED) is 0.698. The van der Waals surface area contributed by atoms with E-state index in [1.807, 2.05) is 0 Å². The summed E-state index contributed by atoms with van der Waals surface area (Å²) in [5.41, 5.74) is -0.960. The average molecular weight is 385 g/mol. The van der Waals surface area contributed by atoms with E-state index in [1.54, 1.807) is 0 Å². The highest BCUT2D eigenvalue weighted by molar-refractivity contribution is 8.13. The van der Waals surface area contributed by atoms with Gasteiger partial charge in [-0.05, 0) is 6.07 Å². The highest BCUT2D eigenvalue weighted by Crippen LogP contribution is 2.28. The number of imidazole rings is 1. The molecule has 0 amide bonds. The van der Waals surface area contributed by atoms with Crippen LogP contribution in [0.25, 0.3) is 16.2 Å². The van der Waals surface area contributed by atoms with Crippen LogP contribution >= 0.6 is 22.0 Å². The number of H-pyrrole nitrogens is 1. The van der Waals surface area contributed by atoms with E-state index in [0.29, 0.717) is 11.3 Å². The van der Waals surface area contributed by atoms with Crippen molar-refractivity contribution >= 4 is 42.1 Å². The molecule has 0 saturated heterocycles. The molecule has 23 heavy (non-hydrogen) atoms. The van der Waals surface area contributed by atoms with Crippen molar-refractivity contribution < 1.29 is 21.6 Å². The second-order valence-electron chi connectivity index (χ2n) is 4.23. The molecule has 13 heteroatoms. The van der Waals surface area contributed by atoms with Crippen molar-refractivity contribution in [3.63, 3.8) is 0 Å². The van der Waals surface area contributed by atoms with Crippen LogP contribution in [0.1, 0.15) is 11.4 Å². The maximum absolute atomic E-state index is 13.7. The topological polar surface area (TPSA) is 97.7 Å². The van der Waals surface area contributed by atoms with Crippen LogP contribution in [0.4, 0.5) is 13.2 Å². The molecule has 2 heterocycles. The molecule has 0 radical (unpaired) electrons. The molecule has 0 aliphatic carbocycles. The van der Waals surface area contributed by atoms with Crippen LogP contribution in [0.3, 0.4) is 0 Å². The Morgan fingerprint density at radius 3 is 2.57 bits per heavy atom. The number of hydrogen-bond acceptors (Lipinski definition) is 6. The predicted molar refractivity (Wildman–Crippen MR) is 75.3 cm³/mol. The van der Waals surface area contributed by atoms with Crippen LogP contribution in [0.2, 0.25) is 0 Å². The van der Waals surface area contributed by atoms with Gasteiger partial charge in [-0.15, -0.1) is 10.2 Å². The third-order valence-corrected chi connectivity index (χ3v) is 5.06. The normalized spacial score (nSPS) is 12.4. The van der Waals surface area contributed by atoms with Gasteiger partial charge in [0.15, 0.2) is 5.01 Å². The van der Waals surface area contributed by atoms with Gasteiger partial charge in [-0.25, -0.2) is 31.0 Å². The first-order valence-corrected chi connectivity index (χ1v) is 8.82. The lowest BCUT2D eigenvalue weighted by molar-refractivity contribution is 0.150. The number of aromatic amines is 1. The molecule has 3 rings (SSSR count). The molecular weight excluding hydrogens is 381 g/mol. The number of nitrogens with one attached hydrogen (secondary N) is 1. The number of rotatable bonds is 3. The number of alkyl halides is 2. The third-order valence-electron chi connectivity index (χ3n) is 2.81. The van der Waals surface area contributed by atoms with E-state index in [-0.39, 0.29) is 16.2 Å². The largest absolute Gasteiger partial charge is 0.332 e. The van der Waals surface area contributed by atoms with Crippen molar-refractivity contribution in [3.8, 4) is 5.13 Å². The van der Waals surface area contributed by atoms with E-state index in [0.717, 1.165) is 16.7 Å². The summed E-state index contributed by atoms with van der Waals surface area (Å²) in [4.78, 5) is 13.4. The summed E-state index contributed by atoms with van der Waals surface area (Å²) in [6, 6.07) is 1.58. The molecule has 7 nitrogen and oxygen atoms in total. The van der Waals surface area contributed by atoms with Crippen molar-refractivity contribution in [1.82, 2.24) is 19.7 Å². The summed E-state index contributed by atoms with van der Waals surface area (Å²) < 4.78 is 62.4. The first-order chi connectivity index (χ1) is 10.7. The molecule has 0 aliphatic rings. The van der Waals surface area contributed by atoms with Gasteiger partial charge in [-0.3, -0.25) is 0 Å². The van der Waals surface area contributed by atoms with E-state index in [2.05, 4.69) is 15.2 Å². The smallest absolute Gasteiger partial charge is 0.305 e. The van der Waals surface area contributed by atoms with Gasteiger partial charge in [0.25, 0.3) is 15.5 Å². The molecule has 0 atom stereocenters. The van der Waals surface area contributed by atoms with Gasteiger partial charge in [0.1, 0.15) is 10.7 Å². The van der Waals surface area contributed by atoms with Crippen LogP contribution in [0.5, 0.6) is 0 Å². The summed E-state index contributed by atoms with van der Waals surface area (Å²) in [6.45, 7) is 0. The lowest BCUT2D eigenvalue weighted by Gasteiger charge is -2.01. The van der Waals surface area contributed by atoms with Crippen molar-refractivity contribution in [1.29, 1.82) is 0 Å². The standard InChI is InChI=1S/C10H4ClF3N4O3S2/c11-23(20,21)6-2-5-4(1-3(6)12)15-9(19)18(5)10-17-16-8(22-10)7(13)14/h1-2,7H,(H,15,19). The van der Waals surface area contributed by atoms with Crippen molar-refractivity contribution in [3.05, 3.63) is 33.4 Å². The second-order valence-corrected chi connectivity index (χ2v) is 7.75. The Morgan fingerprint density at radius 2 is 2.00 bits per heavy atom. The molecule has 0 saturated carbocycles. The SMILES string of the molecule is O=c1[nH]c2cc(F)c(S(=O)(=O)Cl)cc2n1-c1nnc(C(F)F)s1. The Morgan fingerprint density at radius 1 is 1.30 bits per heavy atom. The van der Waals surface area contributed by atoms with Gasteiger partial charge < -0.3 is 4.98 Å². The number of halogens is 4. The highest BCUT2D eigenvalue weighted by Gasteiger charge is 2.22. The summed E-state index contributed by atoms with van der Waals surface area (Å²) in [6.07, 6.45) is -2.88. The number of hydrogen-bond donors (Lipinski definition) is 1. The Labute approximate surface area is 133 Å². The van der Waals surface area contributed by atoms with Crippen molar-refractivity contribution in [2.24, 2.45) is 0 Å². The molecule has 122 valence electrons. The summed E-state index contributed by atoms with van der Waals surface area (Å²) in [5, 5.41) is 5.86. The Bertz CT molecular complexity index is 1070. The minimum absolute atomic E-state index is 0.0506. The predicted octanol–water partition coefficient (Wildman–Crippen LogP) is 2.17. The molecule has 1 N–H and O–H groups in total. The second kappa shape index (κ2) is 5.32. The van der Waals surface area contributed by atoms with Crippen LogP contribution in [-0.4, -0.2) is 28.2 Å². The fraction of sp³-hybridized carbons (Fsp3) is 0.100. The van der Waals surface area contributed by atoms with Gasteiger partial charge in [-0.1, -0.05) is 11.3 Å². The van der Waals surface area contributed by atoms with Gasteiger partial charge in [0, 0.05) is 16.7 Å². The minimum Gasteiger partial charge on any atom is -0.305 e. The highest BCUT2D eigenvalue weighted by atomic mass is 35.7. The molecule has 0 fully saturated rings. The van der Waals surface area contributed by atoms with Crippen LogP contribution in [-0.2, 0) is 9.05 Å². The Hall–Kier alpha value is -1.92. The molecule has 0 bridgehead atoms. The first-order valence-electron chi connectivity index (χ1n) is 5.69. The Kier molecular flexibility index (Phi) is 3.69. The third kappa shape index (κ3) is 2.72. The van der Waals surface area contributed by atoms with Crippen LogP contribution in [0.15, 0.2) is 21.8 Å². The fourth-order valence-corrected chi connectivity index (χ4v) is 3.50. The van der Waals surface area contributed by atoms with Gasteiger partial charge >= 0.3 is 5.69 Å². The summed E-state index contributed by atoms with van der Waals surface area (Å²) in [7, 11) is 0.718. The van der Waals surface area contributed by atoms with Crippen LogP contribution in [0, 0.1) is 5.82 Å². The number of nitrogens with zero attached hydrogens (tertiary/aromatic N) is 3. The van der Waals surface area contributed by atoms with Crippen LogP contribution < -0.4 is 5.69 Å². The summed E-state index contributed by atoms with van der Waals surface area (Å²) >= 11 is 0.440. The fourth-order valence-electron chi connectivity index (χ4n) is 1.89. The number of fused-ring (bicyclic) bond motifs is 1. The molecule has 0 spiro atoms. The minimum atomic E-state index is -4.41. The average Bonchev–Trinajstić information content (AvgIpc) is 2.99. The maximum Gasteiger partial charge on any atom is 0.332 e. The van der Waals surface area contributed by atoms with Crippen molar-refractivity contribution in [2.75, 3.05) is 0 Å². The molecule has 1 aromatic carbocycles. The zero-order chi connectivity index (χ0) is 16.9. The molecular formula is C10H4ClF3N4O3S2. The van der Waals surface area contributed by atoms with E-state index in [4.69, 9.17) is 10.7 Å². The van der Waals surface area contributed by atoms with E-state index in [9.17, 15) is 26.4 Å². The van der Waals surface area contributed by atoms with Gasteiger partial charge in [0.05, 0.1) is 11.0 Å². The van der Waals surface area contributed by atoms with E-state index >= 15 is 0 Å². The first kappa shape index (κ1) is 16.0. The number of benzene rings is 1. The number of aromatic nitrogens is 4. The van der Waals surface area contributed by atoms with E-state index < -0.39 is 36.9 Å². The Balaban J connectivity index is 2.32. The molecule has 2 aromatic heterocycles. The zero-order valence-electron chi connectivity index (χ0n) is 10.6. The summed E-state index contributed by atoms with van der Waals surface area (Å²) in [5.74, 6) is -1.16. The van der Waals surface area contributed by atoms with Gasteiger partial charge in [0.2, 0.25) is 5.13 Å². The lowest BCUT2D eigenvalue weighted by atomic mass is 10.3. The molecule has 0 unspecified atom stereocenters.